The van der Waals surface area contributed by atoms with Crippen LogP contribution in [0.1, 0.15) is 25.3 Å². The van der Waals surface area contributed by atoms with Gasteiger partial charge in [0.05, 0.1) is 6.54 Å². The van der Waals surface area contributed by atoms with Gasteiger partial charge in [0.2, 0.25) is 43.0 Å². The Morgan fingerprint density at radius 3 is 1.98 bits per heavy atom. The molecule has 1 heterocycles. The molecule has 0 unspecified atom stereocenters. The lowest BCUT2D eigenvalue weighted by Crippen LogP contribution is -2.64. The van der Waals surface area contributed by atoms with Crippen LogP contribution in [0.2, 0.25) is 0 Å². The minimum atomic E-state index is -5.79. The van der Waals surface area contributed by atoms with Gasteiger partial charge in [0, 0.05) is 26.6 Å². The van der Waals surface area contributed by atoms with Crippen LogP contribution in [0.5, 0.6) is 0 Å². The average Bonchev–Trinajstić information content (AvgIpc) is 2.87. The van der Waals surface area contributed by atoms with Gasteiger partial charge in [0.25, 0.3) is 0 Å². The van der Waals surface area contributed by atoms with Crippen molar-refractivity contribution in [3.05, 3.63) is 35.9 Å². The molecular weight excluding hydrogens is 632 g/mol. The maximum atomic E-state index is 12.6. The van der Waals surface area contributed by atoms with E-state index in [0.29, 0.717) is 12.8 Å². The highest BCUT2D eigenvalue weighted by Crippen LogP contribution is 2.31. The number of methoxy groups -OCH3 is 1. The Hall–Kier alpha value is -2.31. The summed E-state index contributed by atoms with van der Waals surface area (Å²) in [5, 5.41) is 2.27. The Bertz CT molecular complexity index is 1370. The molecule has 2 amide bonds. The van der Waals surface area contributed by atoms with Gasteiger partial charge in [-0.3, -0.25) is 22.1 Å². The molecule has 1 aromatic rings. The van der Waals surface area contributed by atoms with Crippen LogP contribution in [0.4, 0.5) is 0 Å². The van der Waals surface area contributed by atoms with E-state index in [1.807, 2.05) is 30.3 Å². The number of carbonyl (C=O) groups excluding carboxylic acids is 2. The van der Waals surface area contributed by atoms with Crippen molar-refractivity contribution in [2.75, 3.05) is 26.7 Å². The summed E-state index contributed by atoms with van der Waals surface area (Å²) in [4.78, 5) is 26.5. The number of nitrogens with zero attached hydrogens (tertiary/aromatic N) is 1. The van der Waals surface area contributed by atoms with E-state index in [-0.39, 0.29) is 18.9 Å². The summed E-state index contributed by atoms with van der Waals surface area (Å²) in [6.07, 6.45) is -10.1. The number of carbonyl (C=O) groups is 2. The number of benzene rings is 1. The number of hydrogen-bond acceptors (Lipinski definition) is 16. The van der Waals surface area contributed by atoms with E-state index in [0.717, 1.165) is 12.7 Å². The third-order valence-corrected chi connectivity index (χ3v) is 7.15. The normalized spacial score (nSPS) is 23.3. The maximum absolute atomic E-state index is 12.6. The van der Waals surface area contributed by atoms with Crippen LogP contribution in [0.3, 0.4) is 0 Å². The Kier molecular flexibility index (Phi) is 13.2. The molecule has 0 aromatic heterocycles. The third kappa shape index (κ3) is 12.5. The van der Waals surface area contributed by atoms with Crippen LogP contribution in [0.25, 0.3) is 0 Å². The molecule has 0 bridgehead atoms. The second-order valence-electron chi connectivity index (χ2n) is 8.74. The molecule has 18 nitrogen and oxygen atoms in total. The monoisotopic (exact) mass is 661 g/mol. The van der Waals surface area contributed by atoms with Gasteiger partial charge in [-0.1, -0.05) is 30.3 Å². The number of rotatable bonds is 16. The lowest BCUT2D eigenvalue weighted by Gasteiger charge is -2.45. The second kappa shape index (κ2) is 15.4. The number of likely N-dealkylation sites (N-methyl/N-ethyl adjacent to an activating group) is 1. The number of hydrogen-bond donors (Lipinski definition) is 1. The van der Waals surface area contributed by atoms with Crippen molar-refractivity contribution < 1.29 is 70.5 Å². The number of nitrogens with one attached hydrogen (secondary N) is 1. The fourth-order valence-electron chi connectivity index (χ4n) is 4.04. The highest BCUT2D eigenvalue weighted by Gasteiger charge is 2.51. The predicted octanol–water partition coefficient (Wildman–Crippen LogP) is -2.12. The Labute approximate surface area is 243 Å². The Morgan fingerprint density at radius 1 is 0.905 bits per heavy atom. The summed E-state index contributed by atoms with van der Waals surface area (Å²) in [5.74, 6) is -1.16. The molecule has 1 aliphatic heterocycles. The Morgan fingerprint density at radius 2 is 1.45 bits per heavy atom. The SMILES string of the molecule is CCN(CC(=O)NC[C@H]1O[C@H](OC)[C@@H](OS(=O)(=O)[O-])[C@@H](OS(=O)(=O)[O-])[C@@H]1OS(=O)(=O)[O-])C(=O)CCCc1ccccc1. The van der Waals surface area contributed by atoms with Crippen LogP contribution in [0.15, 0.2) is 30.3 Å². The van der Waals surface area contributed by atoms with Crippen LogP contribution in [-0.4, -0.2) is 113 Å². The van der Waals surface area contributed by atoms with E-state index in [2.05, 4.69) is 17.9 Å². The minimum Gasteiger partial charge on any atom is -0.726 e. The van der Waals surface area contributed by atoms with E-state index in [9.17, 15) is 48.5 Å². The molecule has 1 saturated heterocycles. The van der Waals surface area contributed by atoms with E-state index in [4.69, 9.17) is 9.47 Å². The molecule has 2 rings (SSSR count). The standard InChI is InChI=1S/C21H32N2O16S3/c1-3-23(17(25)11-7-10-14-8-5-4-6-9-14)13-16(24)22-12-15-18(37-40(26,27)28)19(38-41(29,30)31)20(21(35-2)36-15)39-42(32,33)34/h4-6,8-9,15,18-21H,3,7,10-13H2,1-2H3,(H,22,24)(H,26,27,28)(H,29,30,31)(H,32,33,34)/p-3/t15-,18-,19+,20+,21+/m1/s1. The van der Waals surface area contributed by atoms with Gasteiger partial charge in [-0.2, -0.15) is 0 Å². The minimum absolute atomic E-state index is 0.126. The fourth-order valence-corrected chi connectivity index (χ4v) is 5.50. The van der Waals surface area contributed by atoms with Crippen molar-refractivity contribution in [3.8, 4) is 0 Å². The number of aryl methyl sites for hydroxylation is 1. The predicted molar refractivity (Wildman–Crippen MR) is 134 cm³/mol. The highest BCUT2D eigenvalue weighted by molar-refractivity contribution is 7.81. The Balaban J connectivity index is 2.16. The van der Waals surface area contributed by atoms with Crippen LogP contribution in [0, 0.1) is 0 Å². The van der Waals surface area contributed by atoms with E-state index in [1.165, 1.54) is 4.90 Å². The molecule has 1 N–H and O–H groups in total. The lowest BCUT2D eigenvalue weighted by atomic mass is 9.99. The molecule has 0 saturated carbocycles. The molecule has 0 radical (unpaired) electrons. The van der Waals surface area contributed by atoms with Crippen molar-refractivity contribution in [2.45, 2.75) is 56.9 Å². The average molecular weight is 662 g/mol. The van der Waals surface area contributed by atoms with Crippen molar-refractivity contribution in [3.63, 3.8) is 0 Å². The molecule has 21 heteroatoms. The first-order valence-corrected chi connectivity index (χ1v) is 16.1. The van der Waals surface area contributed by atoms with Crippen LogP contribution in [-0.2, 0) is 69.2 Å². The highest BCUT2D eigenvalue weighted by atomic mass is 32.3. The molecule has 42 heavy (non-hydrogen) atoms. The molecule has 0 aliphatic carbocycles. The van der Waals surface area contributed by atoms with Gasteiger partial charge in [-0.05, 0) is 25.3 Å². The van der Waals surface area contributed by atoms with Gasteiger partial charge in [-0.15, -0.1) is 0 Å². The zero-order chi connectivity index (χ0) is 31.7. The summed E-state index contributed by atoms with van der Waals surface area (Å²) in [5.41, 5.74) is 1.03. The summed E-state index contributed by atoms with van der Waals surface area (Å²) >= 11 is 0. The summed E-state index contributed by atoms with van der Waals surface area (Å²) in [6, 6.07) is 9.39. The summed E-state index contributed by atoms with van der Waals surface area (Å²) in [7, 11) is -16.3. The van der Waals surface area contributed by atoms with Crippen LogP contribution < -0.4 is 5.32 Å². The smallest absolute Gasteiger partial charge is 0.239 e. The zero-order valence-electron chi connectivity index (χ0n) is 22.2. The quantitative estimate of drug-likeness (QED) is 0.146. The number of amides is 2. The lowest BCUT2D eigenvalue weighted by molar-refractivity contribution is -0.274. The van der Waals surface area contributed by atoms with Crippen LogP contribution >= 0.6 is 0 Å². The molecule has 1 aliphatic rings. The molecule has 1 aromatic carbocycles. The van der Waals surface area contributed by atoms with Gasteiger partial charge in [0.1, 0.15) is 18.3 Å². The van der Waals surface area contributed by atoms with E-state index < -0.39 is 80.9 Å². The van der Waals surface area contributed by atoms with Gasteiger partial charge in [-0.25, -0.2) is 25.3 Å². The first-order chi connectivity index (χ1) is 19.4. The first kappa shape index (κ1) is 35.9. The van der Waals surface area contributed by atoms with Crippen molar-refractivity contribution in [2.24, 2.45) is 0 Å². The van der Waals surface area contributed by atoms with Crippen molar-refractivity contribution >= 4 is 43.0 Å². The molecule has 0 spiro atoms. The second-order valence-corrected chi connectivity index (χ2v) is 11.8. The zero-order valence-corrected chi connectivity index (χ0v) is 24.7. The fraction of sp³-hybridized carbons (Fsp3) is 0.619. The van der Waals surface area contributed by atoms with Crippen molar-refractivity contribution in [1.82, 2.24) is 10.2 Å². The first-order valence-electron chi connectivity index (χ1n) is 12.1. The molecule has 1 fully saturated rings. The largest absolute Gasteiger partial charge is 0.726 e. The molecule has 5 atom stereocenters. The summed E-state index contributed by atoms with van der Waals surface area (Å²) < 4.78 is 124. The molecular formula is C21H29N2O16S3-3. The topological polar surface area (TPSA) is 267 Å². The maximum Gasteiger partial charge on any atom is 0.239 e. The van der Waals surface area contributed by atoms with Gasteiger partial charge in [0.15, 0.2) is 12.4 Å². The van der Waals surface area contributed by atoms with Gasteiger partial charge < -0.3 is 33.3 Å². The molecule has 240 valence electrons. The summed E-state index contributed by atoms with van der Waals surface area (Å²) in [6.45, 7) is 0.521. The van der Waals surface area contributed by atoms with E-state index >= 15 is 0 Å². The third-order valence-electron chi connectivity index (χ3n) is 5.78. The van der Waals surface area contributed by atoms with E-state index in [1.54, 1.807) is 6.92 Å². The van der Waals surface area contributed by atoms with Crippen molar-refractivity contribution in [1.29, 1.82) is 0 Å². The number of ether oxygens (including phenoxy) is 2. The van der Waals surface area contributed by atoms with Gasteiger partial charge >= 0.3 is 0 Å².